The van der Waals surface area contributed by atoms with Crippen LogP contribution in [-0.4, -0.2) is 61.7 Å². The smallest absolute Gasteiger partial charge is 0.407 e. The number of ether oxygens (including phenoxy) is 2. The second kappa shape index (κ2) is 19.0. The number of amides is 3. The fourth-order valence-corrected chi connectivity index (χ4v) is 8.27. The summed E-state index contributed by atoms with van der Waals surface area (Å²) in [5, 5.41) is 8.06. The predicted molar refractivity (Wildman–Crippen MR) is 240 cm³/mol. The van der Waals surface area contributed by atoms with Gasteiger partial charge in [-0.1, -0.05) is 80.1 Å². The molecule has 0 bridgehead atoms. The van der Waals surface area contributed by atoms with Crippen molar-refractivity contribution in [3.05, 3.63) is 136 Å². The molecular weight excluding hydrogens is 757 g/mol. The highest BCUT2D eigenvalue weighted by molar-refractivity contribution is 7.12. The van der Waals surface area contributed by atoms with Gasteiger partial charge >= 0.3 is 6.09 Å². The molecule has 2 N–H and O–H groups in total. The number of hydrogen-bond acceptors (Lipinski definition) is 7. The van der Waals surface area contributed by atoms with Crippen molar-refractivity contribution in [2.24, 2.45) is 11.3 Å². The minimum absolute atomic E-state index is 0.105. The van der Waals surface area contributed by atoms with Crippen molar-refractivity contribution in [2.45, 2.75) is 73.0 Å². The molecule has 0 aliphatic carbocycles. The van der Waals surface area contributed by atoms with E-state index in [9.17, 15) is 14.4 Å². The van der Waals surface area contributed by atoms with E-state index in [1.54, 1.807) is 7.11 Å². The lowest BCUT2D eigenvalue weighted by atomic mass is 9.90. The van der Waals surface area contributed by atoms with E-state index in [1.165, 1.54) is 16.9 Å². The number of anilines is 2. The maximum absolute atomic E-state index is 14.3. The number of aryl methyl sites for hydroxylation is 1. The zero-order valence-electron chi connectivity index (χ0n) is 35.5. The van der Waals surface area contributed by atoms with Crippen LogP contribution >= 0.6 is 11.3 Å². The standard InChI is InChI=1S/C49H58N4O5S/c1-34-13-11-16-39(27-34)46(55)53(33-49(5,6)32-50-47(56)58-48(2,3)4)31-37-18-21-43(57-7)40(29-37)38-19-20-42(41(30-38)51-45(54)44-17-12-26-59-44)52-24-22-36(23-25-52)28-35-14-9-8-10-15-35/h8-21,26-27,29-30,36H,22-25,28,31-33H2,1-7H3,(H,50,56)(H,51,54). The van der Waals surface area contributed by atoms with Crippen LogP contribution in [0.5, 0.6) is 5.75 Å². The molecule has 0 atom stereocenters. The predicted octanol–water partition coefficient (Wildman–Crippen LogP) is 10.6. The Labute approximate surface area is 353 Å². The quantitative estimate of drug-likeness (QED) is 0.116. The number of methoxy groups -OCH3 is 1. The fourth-order valence-electron chi connectivity index (χ4n) is 7.65. The Morgan fingerprint density at radius 3 is 2.29 bits per heavy atom. The lowest BCUT2D eigenvalue weighted by molar-refractivity contribution is 0.0487. The van der Waals surface area contributed by atoms with Gasteiger partial charge in [0.15, 0.2) is 0 Å². The summed E-state index contributed by atoms with van der Waals surface area (Å²) < 4.78 is 11.4. The molecule has 59 heavy (non-hydrogen) atoms. The molecule has 310 valence electrons. The van der Waals surface area contributed by atoms with Crippen molar-refractivity contribution in [3.8, 4) is 16.9 Å². The van der Waals surface area contributed by atoms with Crippen LogP contribution in [0.1, 0.15) is 84.2 Å². The van der Waals surface area contributed by atoms with Crippen LogP contribution in [0, 0.1) is 18.3 Å². The van der Waals surface area contributed by atoms with Crippen LogP contribution in [0.3, 0.4) is 0 Å². The lowest BCUT2D eigenvalue weighted by Gasteiger charge is -2.35. The molecule has 4 aromatic carbocycles. The van der Waals surface area contributed by atoms with Crippen molar-refractivity contribution < 1.29 is 23.9 Å². The molecule has 1 aromatic heterocycles. The maximum atomic E-state index is 14.3. The first-order chi connectivity index (χ1) is 28.2. The van der Waals surface area contributed by atoms with Crippen molar-refractivity contribution >= 4 is 40.6 Å². The Bertz CT molecular complexity index is 2210. The second-order valence-electron chi connectivity index (χ2n) is 17.4. The summed E-state index contributed by atoms with van der Waals surface area (Å²) in [7, 11) is 1.65. The molecule has 9 nitrogen and oxygen atoms in total. The molecule has 3 amide bonds. The number of nitrogens with zero attached hydrogens (tertiary/aromatic N) is 2. The average Bonchev–Trinajstić information content (AvgIpc) is 3.76. The normalized spacial score (nSPS) is 13.4. The molecule has 1 aliphatic rings. The first kappa shape index (κ1) is 43.0. The number of nitrogens with one attached hydrogen (secondary N) is 2. The van der Waals surface area contributed by atoms with Crippen LogP contribution in [-0.2, 0) is 17.7 Å². The Morgan fingerprint density at radius 1 is 0.847 bits per heavy atom. The van der Waals surface area contributed by atoms with Gasteiger partial charge < -0.3 is 29.9 Å². The second-order valence-corrected chi connectivity index (χ2v) is 18.3. The third-order valence-corrected chi connectivity index (χ3v) is 11.4. The van der Waals surface area contributed by atoms with Gasteiger partial charge in [-0.3, -0.25) is 9.59 Å². The Balaban J connectivity index is 1.28. The highest BCUT2D eigenvalue weighted by Crippen LogP contribution is 2.39. The van der Waals surface area contributed by atoms with Gasteiger partial charge in [-0.15, -0.1) is 11.3 Å². The van der Waals surface area contributed by atoms with Gasteiger partial charge in [-0.05, 0) is 123 Å². The van der Waals surface area contributed by atoms with Crippen LogP contribution in [0.15, 0.2) is 109 Å². The Hall–Kier alpha value is -5.61. The third-order valence-electron chi connectivity index (χ3n) is 10.5. The number of carbonyl (C=O) groups excluding carboxylic acids is 3. The number of alkyl carbamates (subject to hydrolysis) is 1. The summed E-state index contributed by atoms with van der Waals surface area (Å²) in [5.74, 6) is 1.03. The Kier molecular flexibility index (Phi) is 13.8. The summed E-state index contributed by atoms with van der Waals surface area (Å²) in [6, 6.07) is 34.3. The number of thiophene rings is 1. The van der Waals surface area contributed by atoms with E-state index in [0.717, 1.165) is 66.0 Å². The average molecular weight is 815 g/mol. The van der Waals surface area contributed by atoms with E-state index in [4.69, 9.17) is 9.47 Å². The van der Waals surface area contributed by atoms with E-state index in [-0.39, 0.29) is 11.8 Å². The lowest BCUT2D eigenvalue weighted by Crippen LogP contribution is -2.45. The Morgan fingerprint density at radius 2 is 1.61 bits per heavy atom. The van der Waals surface area contributed by atoms with Gasteiger partial charge in [-0.25, -0.2) is 4.79 Å². The molecule has 5 aromatic rings. The first-order valence-electron chi connectivity index (χ1n) is 20.4. The number of rotatable bonds is 14. The van der Waals surface area contributed by atoms with Gasteiger partial charge in [0.2, 0.25) is 0 Å². The molecule has 2 heterocycles. The van der Waals surface area contributed by atoms with Crippen molar-refractivity contribution in [2.75, 3.05) is 43.5 Å². The number of hydrogen-bond donors (Lipinski definition) is 2. The number of benzene rings is 4. The highest BCUT2D eigenvalue weighted by atomic mass is 32.1. The van der Waals surface area contributed by atoms with E-state index in [1.807, 2.05) is 106 Å². The van der Waals surface area contributed by atoms with Crippen molar-refractivity contribution in [3.63, 3.8) is 0 Å². The van der Waals surface area contributed by atoms with Gasteiger partial charge in [0.25, 0.3) is 11.8 Å². The van der Waals surface area contributed by atoms with E-state index < -0.39 is 17.1 Å². The summed E-state index contributed by atoms with van der Waals surface area (Å²) in [5.41, 5.74) is 6.22. The third kappa shape index (κ3) is 12.0. The number of carbonyl (C=O) groups is 3. The molecular formula is C49H58N4O5S. The fraction of sp³-hybridized carbons (Fsp3) is 0.367. The molecule has 1 fully saturated rings. The molecule has 6 rings (SSSR count). The first-order valence-corrected chi connectivity index (χ1v) is 21.3. The molecule has 0 radical (unpaired) electrons. The minimum atomic E-state index is -0.621. The molecule has 1 aliphatic heterocycles. The SMILES string of the molecule is COc1ccc(CN(CC(C)(C)CNC(=O)OC(C)(C)C)C(=O)c2cccc(C)c2)cc1-c1ccc(N2CCC(Cc3ccccc3)CC2)c(NC(=O)c2cccs2)c1. The van der Waals surface area contributed by atoms with Crippen molar-refractivity contribution in [1.29, 1.82) is 0 Å². The van der Waals surface area contributed by atoms with Gasteiger partial charge in [-0.2, -0.15) is 0 Å². The summed E-state index contributed by atoms with van der Waals surface area (Å²) >= 11 is 1.41. The minimum Gasteiger partial charge on any atom is -0.496 e. The number of piperidine rings is 1. The summed E-state index contributed by atoms with van der Waals surface area (Å²) in [4.78, 5) is 45.3. The topological polar surface area (TPSA) is 100 Å². The molecule has 1 saturated heterocycles. The summed E-state index contributed by atoms with van der Waals surface area (Å²) in [6.07, 6.45) is 2.71. The van der Waals surface area contributed by atoms with E-state index in [2.05, 4.69) is 64.1 Å². The molecule has 0 saturated carbocycles. The van der Waals surface area contributed by atoms with Crippen molar-refractivity contribution in [1.82, 2.24) is 10.2 Å². The van der Waals surface area contributed by atoms with E-state index in [0.29, 0.717) is 41.7 Å². The maximum Gasteiger partial charge on any atom is 0.407 e. The van der Waals surface area contributed by atoms with Gasteiger partial charge in [0, 0.05) is 43.9 Å². The van der Waals surface area contributed by atoms with Crippen LogP contribution in [0.4, 0.5) is 16.2 Å². The van der Waals surface area contributed by atoms with Crippen LogP contribution in [0.2, 0.25) is 0 Å². The summed E-state index contributed by atoms with van der Waals surface area (Å²) in [6.45, 7) is 14.3. The molecule has 10 heteroatoms. The molecule has 0 unspecified atom stereocenters. The van der Waals surface area contributed by atoms with Crippen LogP contribution in [0.25, 0.3) is 11.1 Å². The molecule has 0 spiro atoms. The van der Waals surface area contributed by atoms with E-state index >= 15 is 0 Å². The van der Waals surface area contributed by atoms with Gasteiger partial charge in [0.1, 0.15) is 11.4 Å². The zero-order chi connectivity index (χ0) is 42.2. The van der Waals surface area contributed by atoms with Gasteiger partial charge in [0.05, 0.1) is 23.4 Å². The zero-order valence-corrected chi connectivity index (χ0v) is 36.3. The monoisotopic (exact) mass is 814 g/mol. The largest absolute Gasteiger partial charge is 0.496 e. The van der Waals surface area contributed by atoms with Crippen LogP contribution < -0.4 is 20.3 Å². The highest BCUT2D eigenvalue weighted by Gasteiger charge is 2.29.